The minimum Gasteiger partial charge on any atom is -0.493 e. The molecule has 39 heavy (non-hydrogen) atoms. The molecule has 1 atom stereocenters. The summed E-state index contributed by atoms with van der Waals surface area (Å²) in [5.41, 5.74) is 3.23. The second kappa shape index (κ2) is 12.2. The lowest BCUT2D eigenvalue weighted by atomic mass is 9.95. The van der Waals surface area contributed by atoms with Crippen LogP contribution in [0.3, 0.4) is 0 Å². The Labute approximate surface area is 244 Å². The van der Waals surface area contributed by atoms with Crippen LogP contribution in [0.1, 0.15) is 31.0 Å². The second-order valence-corrected chi connectivity index (χ2v) is 11.1. The van der Waals surface area contributed by atoms with Crippen LogP contribution >= 0.6 is 33.9 Å². The summed E-state index contributed by atoms with van der Waals surface area (Å²) in [5, 5.41) is 0. The van der Waals surface area contributed by atoms with Crippen molar-refractivity contribution in [1.29, 1.82) is 0 Å². The largest absolute Gasteiger partial charge is 0.493 e. The summed E-state index contributed by atoms with van der Waals surface area (Å²) in [5.74, 6) is 0.693. The molecule has 2 aromatic carbocycles. The molecule has 1 aliphatic rings. The number of rotatable bonds is 9. The lowest BCUT2D eigenvalue weighted by Gasteiger charge is -2.25. The molecule has 0 amide bonds. The first-order valence-electron chi connectivity index (χ1n) is 12.3. The Bertz CT molecular complexity index is 1620. The van der Waals surface area contributed by atoms with E-state index in [1.807, 2.05) is 55.4 Å². The molecule has 4 rings (SSSR count). The molecule has 0 bridgehead atoms. The first kappa shape index (κ1) is 28.6. The zero-order valence-corrected chi connectivity index (χ0v) is 25.5. The van der Waals surface area contributed by atoms with Crippen LogP contribution in [0.2, 0.25) is 0 Å². The molecule has 1 aromatic heterocycles. The van der Waals surface area contributed by atoms with E-state index in [0.717, 1.165) is 20.4 Å². The average Bonchev–Trinajstić information content (AvgIpc) is 3.21. The maximum Gasteiger partial charge on any atom is 0.338 e. The predicted octanol–water partition coefficient (Wildman–Crippen LogP) is 4.04. The van der Waals surface area contributed by atoms with Gasteiger partial charge in [0.15, 0.2) is 16.3 Å². The van der Waals surface area contributed by atoms with Gasteiger partial charge < -0.3 is 19.1 Å². The highest BCUT2D eigenvalue weighted by Crippen LogP contribution is 2.34. The molecule has 0 spiro atoms. The van der Waals surface area contributed by atoms with Crippen molar-refractivity contribution in [2.75, 3.05) is 39.3 Å². The van der Waals surface area contributed by atoms with Crippen LogP contribution in [-0.4, -0.2) is 45.0 Å². The molecule has 0 aliphatic carbocycles. The summed E-state index contributed by atoms with van der Waals surface area (Å²) >= 11 is 3.46. The first-order chi connectivity index (χ1) is 18.7. The van der Waals surface area contributed by atoms with E-state index in [0.29, 0.717) is 38.7 Å². The molecular formula is C29H30IN3O5S. The highest BCUT2D eigenvalue weighted by molar-refractivity contribution is 14.1. The number of carbonyl (C=O) groups excluding carboxylic acids is 1. The predicted molar refractivity (Wildman–Crippen MR) is 163 cm³/mol. The number of methoxy groups -OCH3 is 1. The molecular weight excluding hydrogens is 629 g/mol. The Morgan fingerprint density at radius 3 is 2.59 bits per heavy atom. The Kier molecular flexibility index (Phi) is 8.96. The van der Waals surface area contributed by atoms with Crippen molar-refractivity contribution in [3.8, 4) is 11.5 Å². The number of allylic oxidation sites excluding steroid dienone is 1. The topological polar surface area (TPSA) is 82.4 Å². The number of aromatic nitrogens is 1. The molecule has 0 unspecified atom stereocenters. The Balaban J connectivity index is 1.89. The standard InChI is InChI=1S/C29H30IN3O5S/c1-7-13-38-26-21(30)14-18(15-22(26)36-6)16-23-27(34)33-25(19-9-11-20(12-10-19)32(4)5)24(28(35)37-8-2)17(3)31-29(33)39-23/h7,9-12,14-16,25H,1,8,13H2,2-6H3/b23-16-/t25-/m0/s1. The number of ether oxygens (including phenoxy) is 3. The number of halogens is 1. The van der Waals surface area contributed by atoms with E-state index in [4.69, 9.17) is 14.2 Å². The van der Waals surface area contributed by atoms with Gasteiger partial charge in [-0.3, -0.25) is 9.36 Å². The molecule has 8 nitrogen and oxygen atoms in total. The van der Waals surface area contributed by atoms with Gasteiger partial charge >= 0.3 is 5.97 Å². The first-order valence-corrected chi connectivity index (χ1v) is 14.2. The molecule has 0 saturated carbocycles. The summed E-state index contributed by atoms with van der Waals surface area (Å²) in [4.78, 5) is 34.2. The van der Waals surface area contributed by atoms with E-state index < -0.39 is 12.0 Å². The summed E-state index contributed by atoms with van der Waals surface area (Å²) in [7, 11) is 5.49. The zero-order chi connectivity index (χ0) is 28.3. The van der Waals surface area contributed by atoms with Gasteiger partial charge in [-0.05, 0) is 77.9 Å². The number of carbonyl (C=O) groups is 1. The van der Waals surface area contributed by atoms with Crippen molar-refractivity contribution >= 4 is 51.7 Å². The number of nitrogens with zero attached hydrogens (tertiary/aromatic N) is 3. The van der Waals surface area contributed by atoms with Crippen LogP contribution in [-0.2, 0) is 9.53 Å². The van der Waals surface area contributed by atoms with E-state index in [-0.39, 0.29) is 12.2 Å². The van der Waals surface area contributed by atoms with Crippen molar-refractivity contribution in [3.63, 3.8) is 0 Å². The molecule has 0 radical (unpaired) electrons. The molecule has 2 heterocycles. The number of thiazole rings is 1. The van der Waals surface area contributed by atoms with E-state index in [1.165, 1.54) is 11.3 Å². The second-order valence-electron chi connectivity index (χ2n) is 8.92. The number of esters is 1. The van der Waals surface area contributed by atoms with Gasteiger partial charge in [0.2, 0.25) is 0 Å². The fourth-order valence-electron chi connectivity index (χ4n) is 4.32. The van der Waals surface area contributed by atoms with Gasteiger partial charge in [0, 0.05) is 19.8 Å². The Morgan fingerprint density at radius 2 is 1.97 bits per heavy atom. The maximum absolute atomic E-state index is 13.9. The van der Waals surface area contributed by atoms with Gasteiger partial charge in [0.1, 0.15) is 6.61 Å². The smallest absolute Gasteiger partial charge is 0.338 e. The van der Waals surface area contributed by atoms with Gasteiger partial charge in [-0.25, -0.2) is 9.79 Å². The molecule has 3 aromatic rings. The number of anilines is 1. The molecule has 0 saturated heterocycles. The zero-order valence-electron chi connectivity index (χ0n) is 22.5. The fourth-order valence-corrected chi connectivity index (χ4v) is 6.15. The highest BCUT2D eigenvalue weighted by Gasteiger charge is 2.33. The number of hydrogen-bond acceptors (Lipinski definition) is 8. The van der Waals surface area contributed by atoms with Crippen LogP contribution in [0.15, 0.2) is 70.1 Å². The van der Waals surface area contributed by atoms with Crippen molar-refractivity contribution in [2.45, 2.75) is 19.9 Å². The Morgan fingerprint density at radius 1 is 1.26 bits per heavy atom. The lowest BCUT2D eigenvalue weighted by molar-refractivity contribution is -0.139. The number of benzene rings is 2. The van der Waals surface area contributed by atoms with E-state index >= 15 is 0 Å². The quantitative estimate of drug-likeness (QED) is 0.196. The molecule has 1 aliphatic heterocycles. The third-order valence-electron chi connectivity index (χ3n) is 6.14. The summed E-state index contributed by atoms with van der Waals surface area (Å²) in [6.45, 7) is 7.80. The average molecular weight is 660 g/mol. The van der Waals surface area contributed by atoms with Crippen molar-refractivity contribution in [3.05, 3.63) is 94.7 Å². The van der Waals surface area contributed by atoms with Crippen molar-refractivity contribution < 1.29 is 19.0 Å². The van der Waals surface area contributed by atoms with E-state index in [2.05, 4.69) is 34.2 Å². The summed E-state index contributed by atoms with van der Waals surface area (Å²) < 4.78 is 19.6. The van der Waals surface area contributed by atoms with Gasteiger partial charge in [-0.2, -0.15) is 0 Å². The van der Waals surface area contributed by atoms with Crippen LogP contribution in [0.5, 0.6) is 11.5 Å². The minimum atomic E-state index is -0.664. The van der Waals surface area contributed by atoms with Gasteiger partial charge in [-0.15, -0.1) is 0 Å². The van der Waals surface area contributed by atoms with Gasteiger partial charge in [0.25, 0.3) is 5.56 Å². The third-order valence-corrected chi connectivity index (χ3v) is 7.92. The van der Waals surface area contributed by atoms with Crippen LogP contribution < -0.4 is 29.3 Å². The van der Waals surface area contributed by atoms with Crippen LogP contribution in [0.4, 0.5) is 5.69 Å². The molecule has 204 valence electrons. The van der Waals surface area contributed by atoms with Gasteiger partial charge in [-0.1, -0.05) is 36.1 Å². The molecule has 0 N–H and O–H groups in total. The maximum atomic E-state index is 13.9. The molecule has 0 fully saturated rings. The Hall–Kier alpha value is -3.38. The van der Waals surface area contributed by atoms with Gasteiger partial charge in [0.05, 0.1) is 39.1 Å². The fraction of sp³-hybridized carbons (Fsp3) is 0.276. The van der Waals surface area contributed by atoms with E-state index in [9.17, 15) is 9.59 Å². The highest BCUT2D eigenvalue weighted by atomic mass is 127. The number of hydrogen-bond donors (Lipinski definition) is 0. The van der Waals surface area contributed by atoms with Crippen molar-refractivity contribution in [2.24, 2.45) is 4.99 Å². The summed E-state index contributed by atoms with van der Waals surface area (Å²) in [6, 6.07) is 10.9. The minimum absolute atomic E-state index is 0.222. The SMILES string of the molecule is C=CCOc1c(I)cc(/C=c2\sc3n(c2=O)[C@@H](c2ccc(N(C)C)cc2)C(C(=O)OCC)=C(C)N=3)cc1OC. The van der Waals surface area contributed by atoms with E-state index in [1.54, 1.807) is 37.7 Å². The third kappa shape index (κ3) is 5.81. The van der Waals surface area contributed by atoms with Crippen molar-refractivity contribution in [1.82, 2.24) is 4.57 Å². The van der Waals surface area contributed by atoms with Crippen LogP contribution in [0.25, 0.3) is 6.08 Å². The summed E-state index contributed by atoms with van der Waals surface area (Å²) in [6.07, 6.45) is 3.47. The lowest BCUT2D eigenvalue weighted by Crippen LogP contribution is -2.39. The monoisotopic (exact) mass is 659 g/mol. The molecule has 10 heteroatoms. The van der Waals surface area contributed by atoms with Crippen LogP contribution in [0, 0.1) is 3.57 Å². The normalized spacial score (nSPS) is 14.9. The number of fused-ring (bicyclic) bond motifs is 1.